The van der Waals surface area contributed by atoms with Crippen LogP contribution in [0.1, 0.15) is 29.9 Å². The topological polar surface area (TPSA) is 75.0 Å². The van der Waals surface area contributed by atoms with Crippen LogP contribution >= 0.6 is 0 Å². The lowest BCUT2D eigenvalue weighted by Crippen LogP contribution is -2.45. The molecule has 0 radical (unpaired) electrons. The van der Waals surface area contributed by atoms with Gasteiger partial charge in [0.2, 0.25) is 5.95 Å². The highest BCUT2D eigenvalue weighted by Gasteiger charge is 2.41. The molecule has 3 heterocycles. The number of phenols is 1. The molecule has 9 heteroatoms. The molecule has 1 aromatic carbocycles. The Balaban J connectivity index is 1.65. The van der Waals surface area contributed by atoms with Crippen LogP contribution in [-0.2, 0) is 11.6 Å². The maximum Gasteiger partial charge on any atom is 0.433 e. The van der Waals surface area contributed by atoms with Crippen LogP contribution in [0.4, 0.5) is 19.1 Å². The van der Waals surface area contributed by atoms with Crippen LogP contribution in [0, 0.1) is 0 Å². The van der Waals surface area contributed by atoms with E-state index in [1.807, 2.05) is 6.07 Å². The minimum absolute atomic E-state index is 0.0540. The number of anilines is 1. The van der Waals surface area contributed by atoms with E-state index < -0.39 is 17.3 Å². The van der Waals surface area contributed by atoms with Gasteiger partial charge in [-0.15, -0.1) is 0 Å². The molecule has 1 aliphatic rings. The van der Waals surface area contributed by atoms with Gasteiger partial charge in [-0.2, -0.15) is 13.2 Å². The number of rotatable bonds is 3. The highest BCUT2D eigenvalue weighted by molar-refractivity contribution is 5.41. The normalized spacial score (nSPS) is 16.6. The molecule has 1 N–H and O–H groups in total. The first-order valence-electron chi connectivity index (χ1n) is 9.11. The molecule has 0 unspecified atom stereocenters. The van der Waals surface area contributed by atoms with Gasteiger partial charge >= 0.3 is 6.18 Å². The lowest BCUT2D eigenvalue weighted by Gasteiger charge is -2.41. The first-order chi connectivity index (χ1) is 13.9. The quantitative estimate of drug-likeness (QED) is 0.723. The maximum atomic E-state index is 13.0. The molecule has 0 bridgehead atoms. The fourth-order valence-corrected chi connectivity index (χ4v) is 3.74. The van der Waals surface area contributed by atoms with Crippen LogP contribution in [0.2, 0.25) is 0 Å². The second-order valence-electron chi connectivity index (χ2n) is 6.93. The summed E-state index contributed by atoms with van der Waals surface area (Å²) in [5, 5.41) is 9.96. The Kier molecular flexibility index (Phi) is 4.81. The Labute approximate surface area is 165 Å². The molecule has 29 heavy (non-hydrogen) atoms. The van der Waals surface area contributed by atoms with Gasteiger partial charge in [-0.1, -0.05) is 12.1 Å². The van der Waals surface area contributed by atoms with Crippen molar-refractivity contribution in [2.75, 3.05) is 18.0 Å². The summed E-state index contributed by atoms with van der Waals surface area (Å²) in [4.78, 5) is 18.3. The van der Waals surface area contributed by atoms with Gasteiger partial charge in [0, 0.05) is 31.7 Å². The van der Waals surface area contributed by atoms with E-state index >= 15 is 0 Å². The lowest BCUT2D eigenvalue weighted by molar-refractivity contribution is -0.141. The molecular formula is C20H18F3N5O. The number of phenolic OH excluding ortho intramolecular Hbond substituents is 1. The van der Waals surface area contributed by atoms with Gasteiger partial charge in [0.1, 0.15) is 17.3 Å². The van der Waals surface area contributed by atoms with E-state index in [0.29, 0.717) is 31.8 Å². The van der Waals surface area contributed by atoms with Gasteiger partial charge in [-0.3, -0.25) is 0 Å². The average molecular weight is 401 g/mol. The molecule has 0 aliphatic carbocycles. The molecule has 0 amide bonds. The van der Waals surface area contributed by atoms with Gasteiger partial charge in [0.25, 0.3) is 0 Å². The van der Waals surface area contributed by atoms with Gasteiger partial charge < -0.3 is 10.0 Å². The molecule has 0 atom stereocenters. The van der Waals surface area contributed by atoms with Crippen molar-refractivity contribution >= 4 is 5.95 Å². The van der Waals surface area contributed by atoms with E-state index in [0.717, 1.165) is 17.8 Å². The zero-order valence-corrected chi connectivity index (χ0v) is 15.3. The molecule has 150 valence electrons. The number of alkyl halides is 3. The van der Waals surface area contributed by atoms with Gasteiger partial charge in [-0.05, 0) is 42.7 Å². The first-order valence-corrected chi connectivity index (χ1v) is 9.11. The molecule has 3 aromatic rings. The smallest absolute Gasteiger partial charge is 0.433 e. The standard InChI is InChI=1S/C20H18F3N5O/c21-20(22,23)16-5-10-26-18(27-16)28-11-6-19(7-12-28,17-24-8-2-9-25-17)14-3-1-4-15(29)13-14/h1-5,8-10,13,29H,6-7,11-12H2. The lowest BCUT2D eigenvalue weighted by atomic mass is 9.72. The van der Waals surface area contributed by atoms with Crippen LogP contribution in [0.25, 0.3) is 0 Å². The number of aromatic nitrogens is 4. The Morgan fingerprint density at radius 2 is 1.66 bits per heavy atom. The van der Waals surface area contributed by atoms with E-state index in [1.165, 1.54) is 0 Å². The molecular weight excluding hydrogens is 383 g/mol. The number of hydrogen-bond donors (Lipinski definition) is 1. The van der Waals surface area contributed by atoms with Gasteiger partial charge in [-0.25, -0.2) is 19.9 Å². The summed E-state index contributed by atoms with van der Waals surface area (Å²) >= 11 is 0. The summed E-state index contributed by atoms with van der Waals surface area (Å²) in [7, 11) is 0. The van der Waals surface area contributed by atoms with Crippen LogP contribution in [0.3, 0.4) is 0 Å². The summed E-state index contributed by atoms with van der Waals surface area (Å²) < 4.78 is 39.0. The third kappa shape index (κ3) is 3.72. The molecule has 6 nitrogen and oxygen atoms in total. The number of nitrogens with zero attached hydrogens (tertiary/aromatic N) is 5. The number of piperidine rings is 1. The SMILES string of the molecule is Oc1cccc(C2(c3ncccn3)CCN(c3nccc(C(F)(F)F)n3)CC2)c1. The zero-order chi connectivity index (χ0) is 20.5. The molecule has 1 fully saturated rings. The van der Waals surface area contributed by atoms with Crippen molar-refractivity contribution in [3.8, 4) is 5.75 Å². The summed E-state index contributed by atoms with van der Waals surface area (Å²) in [6.45, 7) is 0.852. The van der Waals surface area contributed by atoms with E-state index in [4.69, 9.17) is 0 Å². The Hall–Kier alpha value is -3.23. The van der Waals surface area contributed by atoms with Crippen molar-refractivity contribution in [2.45, 2.75) is 24.4 Å². The van der Waals surface area contributed by atoms with Crippen molar-refractivity contribution in [1.82, 2.24) is 19.9 Å². The number of benzene rings is 1. The predicted octanol–water partition coefficient (Wildman–Crippen LogP) is 3.58. The highest BCUT2D eigenvalue weighted by Crippen LogP contribution is 2.41. The minimum Gasteiger partial charge on any atom is -0.508 e. The fraction of sp³-hybridized carbons (Fsp3) is 0.300. The van der Waals surface area contributed by atoms with E-state index in [9.17, 15) is 18.3 Å². The number of halogens is 3. The van der Waals surface area contributed by atoms with Crippen molar-refractivity contribution in [3.05, 3.63) is 72.1 Å². The van der Waals surface area contributed by atoms with Crippen molar-refractivity contribution < 1.29 is 18.3 Å². The van der Waals surface area contributed by atoms with E-state index in [-0.39, 0.29) is 11.7 Å². The molecule has 0 spiro atoms. The van der Waals surface area contributed by atoms with Gasteiger partial charge in [0.05, 0.1) is 5.41 Å². The maximum absolute atomic E-state index is 13.0. The highest BCUT2D eigenvalue weighted by atomic mass is 19.4. The second-order valence-corrected chi connectivity index (χ2v) is 6.93. The van der Waals surface area contributed by atoms with Crippen molar-refractivity contribution in [1.29, 1.82) is 0 Å². The molecule has 4 rings (SSSR count). The first kappa shape index (κ1) is 19.1. The number of hydrogen-bond acceptors (Lipinski definition) is 6. The third-order valence-electron chi connectivity index (χ3n) is 5.23. The summed E-state index contributed by atoms with van der Waals surface area (Å²) in [6.07, 6.45) is 1.02. The summed E-state index contributed by atoms with van der Waals surface area (Å²) in [5.41, 5.74) is -0.648. The van der Waals surface area contributed by atoms with Crippen LogP contribution < -0.4 is 4.90 Å². The molecule has 1 saturated heterocycles. The van der Waals surface area contributed by atoms with Crippen molar-refractivity contribution in [3.63, 3.8) is 0 Å². The Morgan fingerprint density at radius 3 is 2.31 bits per heavy atom. The van der Waals surface area contributed by atoms with Crippen LogP contribution in [-0.4, -0.2) is 38.1 Å². The fourth-order valence-electron chi connectivity index (χ4n) is 3.74. The average Bonchev–Trinajstić information content (AvgIpc) is 2.74. The Bertz CT molecular complexity index is 989. The third-order valence-corrected chi connectivity index (χ3v) is 5.23. The van der Waals surface area contributed by atoms with E-state index in [2.05, 4.69) is 19.9 Å². The van der Waals surface area contributed by atoms with Crippen LogP contribution in [0.15, 0.2) is 55.0 Å². The largest absolute Gasteiger partial charge is 0.508 e. The molecule has 2 aromatic heterocycles. The van der Waals surface area contributed by atoms with Gasteiger partial charge in [0.15, 0.2) is 0 Å². The molecule has 1 aliphatic heterocycles. The summed E-state index contributed by atoms with van der Waals surface area (Å²) in [6, 6.07) is 9.54. The Morgan fingerprint density at radius 1 is 0.931 bits per heavy atom. The zero-order valence-electron chi connectivity index (χ0n) is 15.3. The minimum atomic E-state index is -4.52. The van der Waals surface area contributed by atoms with Crippen molar-refractivity contribution in [2.24, 2.45) is 0 Å². The predicted molar refractivity (Wildman–Crippen MR) is 99.4 cm³/mol. The molecule has 0 saturated carbocycles. The van der Waals surface area contributed by atoms with E-state index in [1.54, 1.807) is 41.6 Å². The summed E-state index contributed by atoms with van der Waals surface area (Å²) in [5.74, 6) is 0.815. The second kappa shape index (κ2) is 7.31. The monoisotopic (exact) mass is 401 g/mol. The number of aromatic hydroxyl groups is 1. The van der Waals surface area contributed by atoms with Crippen LogP contribution in [0.5, 0.6) is 5.75 Å².